The van der Waals surface area contributed by atoms with Gasteiger partial charge in [0.15, 0.2) is 5.82 Å². The van der Waals surface area contributed by atoms with Gasteiger partial charge in [0.2, 0.25) is 5.91 Å². The Kier molecular flexibility index (Phi) is 3.62. The number of carbonyl (C=O) groups excluding carboxylic acids is 1. The van der Waals surface area contributed by atoms with E-state index in [0.29, 0.717) is 11.5 Å². The average Bonchev–Trinajstić information content (AvgIpc) is 2.80. The molecule has 0 saturated carbocycles. The van der Waals surface area contributed by atoms with Crippen molar-refractivity contribution in [3.63, 3.8) is 0 Å². The fraction of sp³-hybridized carbons (Fsp3) is 0.308. The Balaban J connectivity index is 2.01. The van der Waals surface area contributed by atoms with Gasteiger partial charge in [-0.3, -0.25) is 4.79 Å². The number of nitrogens with zero attached hydrogens (tertiary/aromatic N) is 3. The van der Waals surface area contributed by atoms with Gasteiger partial charge < -0.3 is 11.1 Å². The zero-order valence-corrected chi connectivity index (χ0v) is 11.0. The number of amides is 1. The van der Waals surface area contributed by atoms with Gasteiger partial charge in [-0.15, -0.1) is 0 Å². The second kappa shape index (κ2) is 5.19. The van der Waals surface area contributed by atoms with Crippen molar-refractivity contribution in [3.8, 4) is 5.82 Å². The van der Waals surface area contributed by atoms with Gasteiger partial charge in [-0.2, -0.15) is 5.10 Å². The van der Waals surface area contributed by atoms with Crippen LogP contribution in [0.25, 0.3) is 5.82 Å². The highest BCUT2D eigenvalue weighted by molar-refractivity contribution is 5.91. The highest BCUT2D eigenvalue weighted by Crippen LogP contribution is 2.11. The molecule has 0 aliphatic heterocycles. The highest BCUT2D eigenvalue weighted by Gasteiger charge is 2.16. The molecule has 2 aromatic heterocycles. The molecule has 0 fully saturated rings. The van der Waals surface area contributed by atoms with E-state index in [1.54, 1.807) is 35.4 Å². The summed E-state index contributed by atoms with van der Waals surface area (Å²) in [5.74, 6) is 0.572. The minimum Gasteiger partial charge on any atom is -0.325 e. The maximum absolute atomic E-state index is 11.7. The number of carbonyl (C=O) groups is 1. The topological polar surface area (TPSA) is 85.8 Å². The summed E-state index contributed by atoms with van der Waals surface area (Å²) in [5, 5.41) is 6.84. The van der Waals surface area contributed by atoms with Crippen molar-refractivity contribution >= 4 is 11.6 Å². The summed E-state index contributed by atoms with van der Waals surface area (Å²) >= 11 is 0. The first-order valence-electron chi connectivity index (χ1n) is 5.99. The van der Waals surface area contributed by atoms with Crippen LogP contribution in [0.2, 0.25) is 0 Å². The van der Waals surface area contributed by atoms with Gasteiger partial charge >= 0.3 is 0 Å². The lowest BCUT2D eigenvalue weighted by Crippen LogP contribution is -2.36. The Labute approximate surface area is 111 Å². The van der Waals surface area contributed by atoms with Crippen LogP contribution in [-0.2, 0) is 4.79 Å². The summed E-state index contributed by atoms with van der Waals surface area (Å²) in [4.78, 5) is 15.9. The molecular formula is C13H17N5O. The summed E-state index contributed by atoms with van der Waals surface area (Å²) in [6, 6.07) is 5.39. The average molecular weight is 259 g/mol. The SMILES string of the molecule is CC(C)(N)CC(=O)Nc1ccc(-n2cccn2)nc1. The monoisotopic (exact) mass is 259 g/mol. The summed E-state index contributed by atoms with van der Waals surface area (Å²) < 4.78 is 1.65. The molecule has 1 amide bonds. The predicted molar refractivity (Wildman–Crippen MR) is 72.9 cm³/mol. The number of nitrogens with two attached hydrogens (primary N) is 1. The molecule has 6 nitrogen and oxygen atoms in total. The number of nitrogens with one attached hydrogen (secondary N) is 1. The van der Waals surface area contributed by atoms with E-state index < -0.39 is 5.54 Å². The summed E-state index contributed by atoms with van der Waals surface area (Å²) in [7, 11) is 0. The van der Waals surface area contributed by atoms with Crippen molar-refractivity contribution < 1.29 is 4.79 Å². The molecule has 0 spiro atoms. The van der Waals surface area contributed by atoms with E-state index in [-0.39, 0.29) is 12.3 Å². The zero-order valence-electron chi connectivity index (χ0n) is 11.0. The first-order valence-corrected chi connectivity index (χ1v) is 5.99. The number of aromatic nitrogens is 3. The van der Waals surface area contributed by atoms with Crippen LogP contribution in [0.1, 0.15) is 20.3 Å². The highest BCUT2D eigenvalue weighted by atomic mass is 16.1. The summed E-state index contributed by atoms with van der Waals surface area (Å²) in [6.07, 6.45) is 5.34. The minimum atomic E-state index is -0.521. The normalized spacial score (nSPS) is 11.3. The lowest BCUT2D eigenvalue weighted by Gasteiger charge is -2.17. The van der Waals surface area contributed by atoms with E-state index in [1.807, 2.05) is 19.9 Å². The molecule has 2 aromatic rings. The van der Waals surface area contributed by atoms with E-state index in [0.717, 1.165) is 0 Å². The van der Waals surface area contributed by atoms with Crippen LogP contribution >= 0.6 is 0 Å². The van der Waals surface area contributed by atoms with Gasteiger partial charge in [-0.05, 0) is 32.0 Å². The molecular weight excluding hydrogens is 242 g/mol. The number of pyridine rings is 1. The largest absolute Gasteiger partial charge is 0.325 e. The summed E-state index contributed by atoms with van der Waals surface area (Å²) in [5.41, 5.74) is 5.91. The third-order valence-corrected chi connectivity index (χ3v) is 2.39. The zero-order chi connectivity index (χ0) is 13.9. The number of hydrogen-bond donors (Lipinski definition) is 2. The van der Waals surface area contributed by atoms with Crippen LogP contribution in [0.5, 0.6) is 0 Å². The molecule has 0 radical (unpaired) electrons. The first kappa shape index (κ1) is 13.2. The molecule has 0 aliphatic carbocycles. The number of anilines is 1. The summed E-state index contributed by atoms with van der Waals surface area (Å²) in [6.45, 7) is 3.62. The molecule has 0 unspecified atom stereocenters. The smallest absolute Gasteiger partial charge is 0.226 e. The first-order chi connectivity index (χ1) is 8.94. The Bertz CT molecular complexity index is 539. The Morgan fingerprint density at radius 2 is 2.26 bits per heavy atom. The van der Waals surface area contributed by atoms with Crippen LogP contribution in [-0.4, -0.2) is 26.2 Å². The second-order valence-electron chi connectivity index (χ2n) is 5.07. The van der Waals surface area contributed by atoms with Crippen molar-refractivity contribution in [1.82, 2.24) is 14.8 Å². The standard InChI is InChI=1S/C13H17N5O/c1-13(2,14)8-12(19)17-10-4-5-11(15-9-10)18-7-3-6-16-18/h3-7,9H,8,14H2,1-2H3,(H,17,19). The van der Waals surface area contributed by atoms with Crippen LogP contribution in [0.4, 0.5) is 5.69 Å². The molecule has 0 atom stereocenters. The third kappa shape index (κ3) is 3.89. The molecule has 2 heterocycles. The molecule has 2 rings (SSSR count). The van der Waals surface area contributed by atoms with Gasteiger partial charge in [0, 0.05) is 24.4 Å². The van der Waals surface area contributed by atoms with Gasteiger partial charge in [-0.25, -0.2) is 9.67 Å². The van der Waals surface area contributed by atoms with E-state index >= 15 is 0 Å². The Hall–Kier alpha value is -2.21. The van der Waals surface area contributed by atoms with Crippen LogP contribution in [0, 0.1) is 0 Å². The van der Waals surface area contributed by atoms with Gasteiger partial charge in [0.1, 0.15) is 0 Å². The number of hydrogen-bond acceptors (Lipinski definition) is 4. The van der Waals surface area contributed by atoms with Gasteiger partial charge in [0.25, 0.3) is 0 Å². The maximum Gasteiger partial charge on any atom is 0.226 e. The fourth-order valence-corrected chi connectivity index (χ4v) is 1.62. The van der Waals surface area contributed by atoms with Crippen molar-refractivity contribution in [3.05, 3.63) is 36.8 Å². The molecule has 0 bridgehead atoms. The maximum atomic E-state index is 11.7. The van der Waals surface area contributed by atoms with E-state index in [4.69, 9.17) is 5.73 Å². The van der Waals surface area contributed by atoms with Crippen molar-refractivity contribution in [2.45, 2.75) is 25.8 Å². The lowest BCUT2D eigenvalue weighted by molar-refractivity contribution is -0.117. The second-order valence-corrected chi connectivity index (χ2v) is 5.07. The molecule has 0 aromatic carbocycles. The fourth-order valence-electron chi connectivity index (χ4n) is 1.62. The van der Waals surface area contributed by atoms with Crippen molar-refractivity contribution in [2.75, 3.05) is 5.32 Å². The van der Waals surface area contributed by atoms with Crippen molar-refractivity contribution in [2.24, 2.45) is 5.73 Å². The molecule has 19 heavy (non-hydrogen) atoms. The van der Waals surface area contributed by atoms with E-state index in [9.17, 15) is 4.79 Å². The third-order valence-electron chi connectivity index (χ3n) is 2.39. The molecule has 100 valence electrons. The molecule has 0 saturated heterocycles. The van der Waals surface area contributed by atoms with Crippen molar-refractivity contribution in [1.29, 1.82) is 0 Å². The lowest BCUT2D eigenvalue weighted by atomic mass is 10.0. The van der Waals surface area contributed by atoms with E-state index in [1.165, 1.54) is 0 Å². The van der Waals surface area contributed by atoms with Crippen LogP contribution in [0.3, 0.4) is 0 Å². The quantitative estimate of drug-likeness (QED) is 0.867. The van der Waals surface area contributed by atoms with E-state index in [2.05, 4.69) is 15.4 Å². The number of rotatable bonds is 4. The van der Waals surface area contributed by atoms with Gasteiger partial charge in [0.05, 0.1) is 11.9 Å². The van der Waals surface area contributed by atoms with Crippen LogP contribution in [0.15, 0.2) is 36.8 Å². The molecule has 0 aliphatic rings. The van der Waals surface area contributed by atoms with Crippen LogP contribution < -0.4 is 11.1 Å². The molecule has 3 N–H and O–H groups in total. The molecule has 6 heteroatoms. The Morgan fingerprint density at radius 3 is 2.79 bits per heavy atom. The predicted octanol–water partition coefficient (Wildman–Crippen LogP) is 1.33. The van der Waals surface area contributed by atoms with Gasteiger partial charge in [-0.1, -0.05) is 0 Å². The Morgan fingerprint density at radius 1 is 1.47 bits per heavy atom. The minimum absolute atomic E-state index is 0.124.